The molecule has 1 fully saturated rings. The van der Waals surface area contributed by atoms with Gasteiger partial charge in [0.05, 0.1) is 18.1 Å². The van der Waals surface area contributed by atoms with Gasteiger partial charge >= 0.3 is 0 Å². The minimum Gasteiger partial charge on any atom is -0.374 e. The van der Waals surface area contributed by atoms with Crippen molar-refractivity contribution in [3.05, 3.63) is 0 Å². The molecular weight excluding hydrogens is 206 g/mol. The van der Waals surface area contributed by atoms with Crippen molar-refractivity contribution in [2.24, 2.45) is 11.1 Å². The fourth-order valence-corrected chi connectivity index (χ4v) is 1.53. The van der Waals surface area contributed by atoms with Gasteiger partial charge in [0, 0.05) is 26.2 Å². The first-order valence-electron chi connectivity index (χ1n) is 5.74. The third-order valence-electron chi connectivity index (χ3n) is 2.96. The zero-order chi connectivity index (χ0) is 12.2. The van der Waals surface area contributed by atoms with Crippen LogP contribution in [0, 0.1) is 5.41 Å². The highest BCUT2D eigenvalue weighted by molar-refractivity contribution is 5.82. The van der Waals surface area contributed by atoms with Gasteiger partial charge in [-0.15, -0.1) is 0 Å². The Bertz CT molecular complexity index is 243. The van der Waals surface area contributed by atoms with Crippen molar-refractivity contribution in [2.75, 3.05) is 39.8 Å². The fraction of sp³-hybridized carbons (Fsp3) is 0.909. The molecule has 1 aliphatic heterocycles. The van der Waals surface area contributed by atoms with E-state index in [1.165, 1.54) is 0 Å². The van der Waals surface area contributed by atoms with Gasteiger partial charge < -0.3 is 20.7 Å². The lowest BCUT2D eigenvalue weighted by Crippen LogP contribution is -2.49. The van der Waals surface area contributed by atoms with Crippen molar-refractivity contribution in [2.45, 2.75) is 20.0 Å². The number of likely N-dealkylation sites (N-methyl/N-ethyl adjacent to an activating group) is 1. The summed E-state index contributed by atoms with van der Waals surface area (Å²) in [6.45, 7) is 7.16. The highest BCUT2D eigenvalue weighted by Crippen LogP contribution is 2.12. The van der Waals surface area contributed by atoms with Crippen molar-refractivity contribution in [3.63, 3.8) is 0 Å². The second-order valence-corrected chi connectivity index (χ2v) is 5.05. The number of hydrogen-bond donors (Lipinski definition) is 2. The number of carbonyl (C=O) groups excluding carboxylic acids is 1. The van der Waals surface area contributed by atoms with Crippen molar-refractivity contribution in [1.82, 2.24) is 10.2 Å². The number of hydrogen-bond acceptors (Lipinski definition) is 4. The maximum Gasteiger partial charge on any atom is 0.227 e. The van der Waals surface area contributed by atoms with Crippen molar-refractivity contribution < 1.29 is 9.53 Å². The molecule has 0 saturated carbocycles. The molecule has 0 spiro atoms. The summed E-state index contributed by atoms with van der Waals surface area (Å²) in [5.41, 5.74) is 5.04. The molecule has 0 radical (unpaired) electrons. The van der Waals surface area contributed by atoms with Crippen LogP contribution in [0.1, 0.15) is 13.8 Å². The van der Waals surface area contributed by atoms with Gasteiger partial charge in [-0.2, -0.15) is 0 Å². The van der Waals surface area contributed by atoms with E-state index in [2.05, 4.69) is 17.3 Å². The maximum absolute atomic E-state index is 11.8. The predicted octanol–water partition coefficient (Wildman–Crippen LogP) is -0.582. The molecule has 0 aromatic rings. The van der Waals surface area contributed by atoms with Gasteiger partial charge in [0.15, 0.2) is 0 Å². The SMILES string of the molecule is CN1CCOC(CNC(=O)C(C)(C)CN)C1. The summed E-state index contributed by atoms with van der Waals surface area (Å²) >= 11 is 0. The lowest BCUT2D eigenvalue weighted by molar-refractivity contribution is -0.130. The Kier molecular flexibility index (Phi) is 4.70. The number of amides is 1. The van der Waals surface area contributed by atoms with Gasteiger partial charge in [0.25, 0.3) is 0 Å². The van der Waals surface area contributed by atoms with Crippen molar-refractivity contribution in [1.29, 1.82) is 0 Å². The third-order valence-corrected chi connectivity index (χ3v) is 2.96. The molecule has 0 aromatic heterocycles. The van der Waals surface area contributed by atoms with E-state index in [1.54, 1.807) is 0 Å². The summed E-state index contributed by atoms with van der Waals surface area (Å²) in [6.07, 6.45) is 0.0938. The third kappa shape index (κ3) is 3.73. The molecule has 1 unspecified atom stereocenters. The second-order valence-electron chi connectivity index (χ2n) is 5.05. The maximum atomic E-state index is 11.8. The standard InChI is InChI=1S/C11H23N3O2/c1-11(2,8-12)10(15)13-6-9-7-14(3)4-5-16-9/h9H,4-8,12H2,1-3H3,(H,13,15). The Morgan fingerprint density at radius 3 is 2.88 bits per heavy atom. The first-order valence-corrected chi connectivity index (χ1v) is 5.74. The number of nitrogens with zero attached hydrogens (tertiary/aromatic N) is 1. The highest BCUT2D eigenvalue weighted by Gasteiger charge is 2.27. The molecule has 1 heterocycles. The zero-order valence-corrected chi connectivity index (χ0v) is 10.5. The Labute approximate surface area is 97.3 Å². The van der Waals surface area contributed by atoms with Gasteiger partial charge in [0.1, 0.15) is 0 Å². The largest absolute Gasteiger partial charge is 0.374 e. The van der Waals surface area contributed by atoms with Crippen LogP contribution >= 0.6 is 0 Å². The number of carbonyl (C=O) groups is 1. The molecular formula is C11H23N3O2. The van der Waals surface area contributed by atoms with Crippen molar-refractivity contribution in [3.8, 4) is 0 Å². The Balaban J connectivity index is 2.31. The number of nitrogens with two attached hydrogens (primary N) is 1. The number of rotatable bonds is 4. The van der Waals surface area contributed by atoms with E-state index in [-0.39, 0.29) is 12.0 Å². The Morgan fingerprint density at radius 1 is 1.62 bits per heavy atom. The lowest BCUT2D eigenvalue weighted by atomic mass is 9.93. The molecule has 0 aromatic carbocycles. The summed E-state index contributed by atoms with van der Waals surface area (Å²) in [6, 6.07) is 0. The van der Waals surface area contributed by atoms with Crippen LogP contribution in [-0.2, 0) is 9.53 Å². The summed E-state index contributed by atoms with van der Waals surface area (Å²) < 4.78 is 5.56. The highest BCUT2D eigenvalue weighted by atomic mass is 16.5. The van der Waals surface area contributed by atoms with Gasteiger partial charge in [-0.05, 0) is 20.9 Å². The Hall–Kier alpha value is -0.650. The fourth-order valence-electron chi connectivity index (χ4n) is 1.53. The molecule has 1 rings (SSSR count). The van der Waals surface area contributed by atoms with E-state index >= 15 is 0 Å². The minimum absolute atomic E-state index is 0.00757. The summed E-state index contributed by atoms with van der Waals surface area (Å²) in [5.74, 6) is -0.00757. The first-order chi connectivity index (χ1) is 7.45. The van der Waals surface area contributed by atoms with Crippen LogP contribution in [0.5, 0.6) is 0 Å². The van der Waals surface area contributed by atoms with E-state index in [4.69, 9.17) is 10.5 Å². The quantitative estimate of drug-likeness (QED) is 0.677. The summed E-state index contributed by atoms with van der Waals surface area (Å²) in [4.78, 5) is 14.0. The first kappa shape index (κ1) is 13.4. The monoisotopic (exact) mass is 229 g/mol. The number of ether oxygens (including phenoxy) is 1. The summed E-state index contributed by atoms with van der Waals surface area (Å²) in [5, 5.41) is 2.89. The van der Waals surface area contributed by atoms with Gasteiger partial charge in [-0.25, -0.2) is 0 Å². The van der Waals surface area contributed by atoms with Gasteiger partial charge in [0.2, 0.25) is 5.91 Å². The normalized spacial score (nSPS) is 23.1. The summed E-state index contributed by atoms with van der Waals surface area (Å²) in [7, 11) is 2.06. The van der Waals surface area contributed by atoms with Crippen LogP contribution in [-0.4, -0.2) is 56.7 Å². The molecule has 5 nitrogen and oxygen atoms in total. The van der Waals surface area contributed by atoms with Crippen molar-refractivity contribution >= 4 is 5.91 Å². The van der Waals surface area contributed by atoms with E-state index in [1.807, 2.05) is 13.8 Å². The van der Waals surface area contributed by atoms with Crippen LogP contribution in [0.4, 0.5) is 0 Å². The van der Waals surface area contributed by atoms with Crippen LogP contribution in [0.3, 0.4) is 0 Å². The van der Waals surface area contributed by atoms with Gasteiger partial charge in [-0.3, -0.25) is 4.79 Å². The zero-order valence-electron chi connectivity index (χ0n) is 10.5. The molecule has 1 saturated heterocycles. The van der Waals surface area contributed by atoms with Crippen LogP contribution in [0.15, 0.2) is 0 Å². The van der Waals surface area contributed by atoms with Gasteiger partial charge in [-0.1, -0.05) is 0 Å². The molecule has 3 N–H and O–H groups in total. The second kappa shape index (κ2) is 5.61. The predicted molar refractivity (Wildman–Crippen MR) is 63.1 cm³/mol. The molecule has 1 atom stereocenters. The topological polar surface area (TPSA) is 67.6 Å². The average Bonchev–Trinajstić information content (AvgIpc) is 2.26. The van der Waals surface area contributed by atoms with E-state index in [0.717, 1.165) is 19.7 Å². The molecule has 5 heteroatoms. The molecule has 1 amide bonds. The number of nitrogens with one attached hydrogen (secondary N) is 1. The lowest BCUT2D eigenvalue weighted by Gasteiger charge is -2.31. The van der Waals surface area contributed by atoms with Crippen LogP contribution in [0.25, 0.3) is 0 Å². The van der Waals surface area contributed by atoms with Crippen LogP contribution in [0.2, 0.25) is 0 Å². The Morgan fingerprint density at radius 2 is 2.31 bits per heavy atom. The molecule has 94 valence electrons. The number of morpholine rings is 1. The molecule has 0 aliphatic carbocycles. The van der Waals surface area contributed by atoms with E-state index in [9.17, 15) is 4.79 Å². The molecule has 0 bridgehead atoms. The smallest absolute Gasteiger partial charge is 0.227 e. The van der Waals surface area contributed by atoms with Crippen LogP contribution < -0.4 is 11.1 Å². The van der Waals surface area contributed by atoms with E-state index < -0.39 is 5.41 Å². The van der Waals surface area contributed by atoms with E-state index in [0.29, 0.717) is 13.1 Å². The molecule has 1 aliphatic rings. The minimum atomic E-state index is -0.499. The molecule has 16 heavy (non-hydrogen) atoms. The average molecular weight is 229 g/mol.